The summed E-state index contributed by atoms with van der Waals surface area (Å²) in [7, 11) is 0. The number of carbonyl (C=O) groups is 1. The third-order valence-electron chi connectivity index (χ3n) is 3.37. The molecule has 22 heavy (non-hydrogen) atoms. The fourth-order valence-electron chi connectivity index (χ4n) is 2.30. The number of hydrogen-bond donors (Lipinski definition) is 1. The number of nitrogens with one attached hydrogen (secondary N) is 1. The highest BCUT2D eigenvalue weighted by atomic mass is 35.5. The number of benzene rings is 2. The highest BCUT2D eigenvalue weighted by Gasteiger charge is 2.24. The molecule has 0 radical (unpaired) electrons. The van der Waals surface area contributed by atoms with E-state index in [2.05, 4.69) is 5.32 Å². The number of amides is 1. The van der Waals surface area contributed by atoms with Gasteiger partial charge >= 0.3 is 0 Å². The third kappa shape index (κ3) is 3.99. The van der Waals surface area contributed by atoms with E-state index in [4.69, 9.17) is 23.2 Å². The van der Waals surface area contributed by atoms with Crippen LogP contribution in [-0.4, -0.2) is 5.91 Å². The first-order valence-corrected chi connectivity index (χ1v) is 7.65. The Morgan fingerprint density at radius 1 is 1.09 bits per heavy atom. The van der Waals surface area contributed by atoms with Crippen molar-refractivity contribution >= 4 is 34.8 Å². The first-order valence-electron chi connectivity index (χ1n) is 6.90. The molecule has 0 aliphatic carbocycles. The minimum atomic E-state index is -0.516. The minimum Gasteiger partial charge on any atom is -0.325 e. The quantitative estimate of drug-likeness (QED) is 0.781. The van der Waals surface area contributed by atoms with Crippen LogP contribution in [0.4, 0.5) is 10.1 Å². The maximum atomic E-state index is 13.2. The fraction of sp³-hybridized carbons (Fsp3) is 0.235. The lowest BCUT2D eigenvalue weighted by atomic mass is 9.87. The van der Waals surface area contributed by atoms with Crippen LogP contribution in [0.5, 0.6) is 0 Å². The Morgan fingerprint density at radius 2 is 1.73 bits per heavy atom. The van der Waals surface area contributed by atoms with Crippen molar-refractivity contribution in [3.05, 3.63) is 63.9 Å². The summed E-state index contributed by atoms with van der Waals surface area (Å²) in [6, 6.07) is 11.3. The van der Waals surface area contributed by atoms with Gasteiger partial charge in [0.2, 0.25) is 5.91 Å². The molecule has 0 bridgehead atoms. The number of halogens is 3. The van der Waals surface area contributed by atoms with Crippen molar-refractivity contribution in [1.82, 2.24) is 0 Å². The molecule has 1 atom stereocenters. The lowest BCUT2D eigenvalue weighted by Gasteiger charge is -2.21. The lowest BCUT2D eigenvalue weighted by molar-refractivity contribution is -0.118. The summed E-state index contributed by atoms with van der Waals surface area (Å²) in [5.41, 5.74) is 1.35. The van der Waals surface area contributed by atoms with Crippen molar-refractivity contribution in [3.63, 3.8) is 0 Å². The second kappa shape index (κ2) is 7.12. The van der Waals surface area contributed by atoms with Crippen LogP contribution < -0.4 is 5.32 Å². The highest BCUT2D eigenvalue weighted by molar-refractivity contribution is 6.31. The van der Waals surface area contributed by atoms with Crippen molar-refractivity contribution in [2.45, 2.75) is 19.8 Å². The molecule has 0 saturated heterocycles. The molecule has 2 aromatic carbocycles. The van der Waals surface area contributed by atoms with Gasteiger partial charge in [-0.3, -0.25) is 4.79 Å². The molecule has 0 aromatic heterocycles. The van der Waals surface area contributed by atoms with Crippen molar-refractivity contribution in [1.29, 1.82) is 0 Å². The van der Waals surface area contributed by atoms with Gasteiger partial charge in [0, 0.05) is 10.7 Å². The number of carbonyl (C=O) groups excluding carboxylic acids is 1. The highest BCUT2D eigenvalue weighted by Crippen LogP contribution is 2.28. The van der Waals surface area contributed by atoms with E-state index in [-0.39, 0.29) is 22.8 Å². The zero-order chi connectivity index (χ0) is 16.3. The van der Waals surface area contributed by atoms with Gasteiger partial charge in [0.15, 0.2) is 0 Å². The summed E-state index contributed by atoms with van der Waals surface area (Å²) in [5.74, 6) is -0.920. The van der Waals surface area contributed by atoms with Gasteiger partial charge in [-0.2, -0.15) is 0 Å². The Kier molecular flexibility index (Phi) is 5.43. The molecule has 0 saturated carbocycles. The van der Waals surface area contributed by atoms with Crippen LogP contribution in [0.1, 0.15) is 25.3 Å². The topological polar surface area (TPSA) is 29.1 Å². The van der Waals surface area contributed by atoms with Gasteiger partial charge in [-0.15, -0.1) is 0 Å². The van der Waals surface area contributed by atoms with Crippen LogP contribution in [0.2, 0.25) is 10.0 Å². The average Bonchev–Trinajstić information content (AvgIpc) is 2.45. The molecular formula is C17H16Cl2FNO. The SMILES string of the molecule is CC(C)[C@@H](C(=O)Nc1ccc(F)c(Cl)c1)c1ccc(Cl)cc1. The standard InChI is InChI=1S/C17H16Cl2FNO/c1-10(2)16(11-3-5-12(18)6-4-11)17(22)21-13-7-8-15(20)14(19)9-13/h3-10,16H,1-2H3,(H,21,22)/t16-/m1/s1. The summed E-state index contributed by atoms with van der Waals surface area (Å²) in [6.45, 7) is 3.94. The molecule has 5 heteroatoms. The lowest BCUT2D eigenvalue weighted by Crippen LogP contribution is -2.25. The molecule has 0 fully saturated rings. The Hall–Kier alpha value is -1.58. The van der Waals surface area contributed by atoms with E-state index < -0.39 is 5.82 Å². The van der Waals surface area contributed by atoms with Gasteiger partial charge in [0.1, 0.15) is 5.82 Å². The van der Waals surface area contributed by atoms with Crippen molar-refractivity contribution in [2.75, 3.05) is 5.32 Å². The van der Waals surface area contributed by atoms with E-state index in [0.717, 1.165) is 5.56 Å². The van der Waals surface area contributed by atoms with Gasteiger partial charge in [-0.25, -0.2) is 4.39 Å². The van der Waals surface area contributed by atoms with Crippen molar-refractivity contribution in [3.8, 4) is 0 Å². The van der Waals surface area contributed by atoms with E-state index in [1.165, 1.54) is 18.2 Å². The normalized spacial score (nSPS) is 12.3. The van der Waals surface area contributed by atoms with Gasteiger partial charge < -0.3 is 5.32 Å². The van der Waals surface area contributed by atoms with Gasteiger partial charge in [0.05, 0.1) is 10.9 Å². The van der Waals surface area contributed by atoms with E-state index >= 15 is 0 Å². The molecule has 1 amide bonds. The van der Waals surface area contributed by atoms with Crippen LogP contribution in [-0.2, 0) is 4.79 Å². The summed E-state index contributed by atoms with van der Waals surface area (Å²) in [5, 5.41) is 3.38. The molecule has 116 valence electrons. The largest absolute Gasteiger partial charge is 0.325 e. The van der Waals surface area contributed by atoms with E-state index in [0.29, 0.717) is 10.7 Å². The van der Waals surface area contributed by atoms with E-state index in [9.17, 15) is 9.18 Å². The van der Waals surface area contributed by atoms with E-state index in [1.807, 2.05) is 26.0 Å². The summed E-state index contributed by atoms with van der Waals surface area (Å²) in [4.78, 5) is 12.6. The first kappa shape index (κ1) is 16.8. The molecule has 0 heterocycles. The molecule has 2 rings (SSSR count). The maximum absolute atomic E-state index is 13.2. The number of anilines is 1. The molecule has 0 spiro atoms. The Balaban J connectivity index is 2.23. The zero-order valence-electron chi connectivity index (χ0n) is 12.2. The molecular weight excluding hydrogens is 324 g/mol. The van der Waals surface area contributed by atoms with Crippen molar-refractivity contribution < 1.29 is 9.18 Å². The average molecular weight is 340 g/mol. The monoisotopic (exact) mass is 339 g/mol. The second-order valence-corrected chi connectivity index (χ2v) is 6.24. The summed E-state index contributed by atoms with van der Waals surface area (Å²) < 4.78 is 13.2. The van der Waals surface area contributed by atoms with Gasteiger partial charge in [0.25, 0.3) is 0 Å². The number of rotatable bonds is 4. The van der Waals surface area contributed by atoms with Gasteiger partial charge in [-0.1, -0.05) is 49.2 Å². The molecule has 1 N–H and O–H groups in total. The summed E-state index contributed by atoms with van der Waals surface area (Å²) in [6.07, 6.45) is 0. The fourth-order valence-corrected chi connectivity index (χ4v) is 2.61. The molecule has 2 nitrogen and oxygen atoms in total. The Bertz CT molecular complexity index is 671. The minimum absolute atomic E-state index is 0.0228. The first-order chi connectivity index (χ1) is 10.4. The zero-order valence-corrected chi connectivity index (χ0v) is 13.8. The second-order valence-electron chi connectivity index (χ2n) is 5.39. The third-order valence-corrected chi connectivity index (χ3v) is 3.91. The molecule has 0 aliphatic heterocycles. The van der Waals surface area contributed by atoms with E-state index in [1.54, 1.807) is 12.1 Å². The maximum Gasteiger partial charge on any atom is 0.232 e. The number of hydrogen-bond acceptors (Lipinski definition) is 1. The summed E-state index contributed by atoms with van der Waals surface area (Å²) >= 11 is 11.6. The van der Waals surface area contributed by atoms with Crippen LogP contribution >= 0.6 is 23.2 Å². The predicted octanol–water partition coefficient (Wildman–Crippen LogP) is 5.51. The van der Waals surface area contributed by atoms with Crippen LogP contribution in [0.25, 0.3) is 0 Å². The van der Waals surface area contributed by atoms with Crippen molar-refractivity contribution in [2.24, 2.45) is 5.92 Å². The van der Waals surface area contributed by atoms with Gasteiger partial charge in [-0.05, 0) is 41.8 Å². The predicted molar refractivity (Wildman–Crippen MR) is 89.1 cm³/mol. The molecule has 0 unspecified atom stereocenters. The smallest absolute Gasteiger partial charge is 0.232 e. The molecule has 2 aromatic rings. The Labute approximate surface area is 139 Å². The van der Waals surface area contributed by atoms with Crippen LogP contribution in [0, 0.1) is 11.7 Å². The van der Waals surface area contributed by atoms with Crippen LogP contribution in [0.15, 0.2) is 42.5 Å². The molecule has 0 aliphatic rings. The van der Waals surface area contributed by atoms with Crippen LogP contribution in [0.3, 0.4) is 0 Å². The Morgan fingerprint density at radius 3 is 2.27 bits per heavy atom.